The number of benzene rings is 1. The Labute approximate surface area is 109 Å². The highest BCUT2D eigenvalue weighted by Gasteiger charge is 2.32. The Hall–Kier alpha value is -1.52. The maximum atomic E-state index is 10.7. The van der Waals surface area contributed by atoms with E-state index in [0.29, 0.717) is 18.1 Å². The molecule has 0 unspecified atom stereocenters. The van der Waals surface area contributed by atoms with Crippen LogP contribution in [0.15, 0.2) is 24.4 Å². The number of nitrogens with zero attached hydrogens (tertiary/aromatic N) is 1. The highest BCUT2D eigenvalue weighted by molar-refractivity contribution is 6.31. The minimum absolute atomic E-state index is 0.204. The second-order valence-corrected chi connectivity index (χ2v) is 5.17. The van der Waals surface area contributed by atoms with Crippen molar-refractivity contribution in [3.8, 4) is 0 Å². The van der Waals surface area contributed by atoms with Gasteiger partial charge in [0.15, 0.2) is 0 Å². The molecule has 0 bridgehead atoms. The third kappa shape index (κ3) is 1.98. The molecular weight excluding hydrogens is 252 g/mol. The van der Waals surface area contributed by atoms with Crippen LogP contribution in [-0.2, 0) is 11.3 Å². The van der Waals surface area contributed by atoms with E-state index in [1.54, 1.807) is 0 Å². The SMILES string of the molecule is O=C(O)C1CN(Cc2c[nH]c3cc(Cl)ccc23)C1. The normalized spacial score (nSPS) is 16.9. The quantitative estimate of drug-likeness (QED) is 0.895. The Morgan fingerprint density at radius 2 is 2.28 bits per heavy atom. The number of aliphatic carboxylic acids is 1. The van der Waals surface area contributed by atoms with Crippen LogP contribution in [0.5, 0.6) is 0 Å². The largest absolute Gasteiger partial charge is 0.481 e. The second kappa shape index (κ2) is 4.30. The number of aromatic nitrogens is 1. The second-order valence-electron chi connectivity index (χ2n) is 4.73. The standard InChI is InChI=1S/C13H13ClN2O2/c14-10-1-2-11-8(4-15-12(11)3-10)5-16-6-9(7-16)13(17)18/h1-4,9,15H,5-7H2,(H,17,18). The van der Waals surface area contributed by atoms with Crippen LogP contribution in [0.25, 0.3) is 10.9 Å². The summed E-state index contributed by atoms with van der Waals surface area (Å²) >= 11 is 5.93. The number of carboxylic acids is 1. The zero-order valence-electron chi connectivity index (χ0n) is 9.69. The van der Waals surface area contributed by atoms with Gasteiger partial charge >= 0.3 is 5.97 Å². The van der Waals surface area contributed by atoms with Crippen molar-refractivity contribution in [2.75, 3.05) is 13.1 Å². The molecule has 1 aromatic carbocycles. The number of H-pyrrole nitrogens is 1. The Kier molecular flexibility index (Phi) is 2.76. The smallest absolute Gasteiger partial charge is 0.309 e. The first-order valence-electron chi connectivity index (χ1n) is 5.84. The molecule has 94 valence electrons. The van der Waals surface area contributed by atoms with Crippen molar-refractivity contribution >= 4 is 28.5 Å². The first-order chi connectivity index (χ1) is 8.63. The number of carbonyl (C=O) groups is 1. The van der Waals surface area contributed by atoms with Crippen molar-refractivity contribution in [1.29, 1.82) is 0 Å². The summed E-state index contributed by atoms with van der Waals surface area (Å²) in [6.45, 7) is 2.05. The molecule has 5 heteroatoms. The molecule has 0 saturated carbocycles. The molecule has 0 radical (unpaired) electrons. The van der Waals surface area contributed by atoms with Crippen molar-refractivity contribution in [2.45, 2.75) is 6.54 Å². The van der Waals surface area contributed by atoms with Crippen LogP contribution in [0, 0.1) is 5.92 Å². The van der Waals surface area contributed by atoms with Gasteiger partial charge in [-0.05, 0) is 17.7 Å². The van der Waals surface area contributed by atoms with Gasteiger partial charge in [-0.25, -0.2) is 0 Å². The van der Waals surface area contributed by atoms with Gasteiger partial charge in [0, 0.05) is 41.8 Å². The number of nitrogens with one attached hydrogen (secondary N) is 1. The number of hydrogen-bond donors (Lipinski definition) is 2. The molecule has 1 saturated heterocycles. The average Bonchev–Trinajstić information content (AvgIpc) is 2.64. The molecule has 4 nitrogen and oxygen atoms in total. The molecule has 0 amide bonds. The number of halogens is 1. The molecule has 1 fully saturated rings. The lowest BCUT2D eigenvalue weighted by atomic mass is 9.99. The summed E-state index contributed by atoms with van der Waals surface area (Å²) in [4.78, 5) is 16.1. The van der Waals surface area contributed by atoms with Gasteiger partial charge in [-0.2, -0.15) is 0 Å². The Morgan fingerprint density at radius 1 is 1.50 bits per heavy atom. The lowest BCUT2D eigenvalue weighted by molar-refractivity contribution is -0.147. The molecule has 1 aliphatic rings. The molecule has 2 N–H and O–H groups in total. The van der Waals surface area contributed by atoms with E-state index in [9.17, 15) is 4.79 Å². The van der Waals surface area contributed by atoms with Crippen molar-refractivity contribution in [3.05, 3.63) is 35.0 Å². The fraction of sp³-hybridized carbons (Fsp3) is 0.308. The van der Waals surface area contributed by atoms with Crippen LogP contribution in [0.2, 0.25) is 5.02 Å². The Bertz CT molecular complexity index is 602. The third-order valence-corrected chi connectivity index (χ3v) is 3.66. The first-order valence-corrected chi connectivity index (χ1v) is 6.22. The third-order valence-electron chi connectivity index (χ3n) is 3.43. The number of aromatic amines is 1. The van der Waals surface area contributed by atoms with Crippen LogP contribution < -0.4 is 0 Å². The topological polar surface area (TPSA) is 56.3 Å². The van der Waals surface area contributed by atoms with Gasteiger partial charge in [-0.15, -0.1) is 0 Å². The average molecular weight is 265 g/mol. The summed E-state index contributed by atoms with van der Waals surface area (Å²) in [7, 11) is 0. The molecule has 0 atom stereocenters. The lowest BCUT2D eigenvalue weighted by Gasteiger charge is -2.36. The van der Waals surface area contributed by atoms with Crippen LogP contribution in [0.3, 0.4) is 0 Å². The number of hydrogen-bond acceptors (Lipinski definition) is 2. The zero-order chi connectivity index (χ0) is 12.7. The van der Waals surface area contributed by atoms with Gasteiger partial charge < -0.3 is 10.1 Å². The summed E-state index contributed by atoms with van der Waals surface area (Å²) in [6, 6.07) is 5.77. The van der Waals surface area contributed by atoms with Crippen LogP contribution in [0.4, 0.5) is 0 Å². The molecule has 1 aromatic heterocycles. The molecule has 2 heterocycles. The predicted octanol–water partition coefficient (Wildman–Crippen LogP) is 2.34. The summed E-state index contributed by atoms with van der Waals surface area (Å²) in [6.07, 6.45) is 1.97. The maximum absolute atomic E-state index is 10.7. The Balaban J connectivity index is 1.74. The van der Waals surface area contributed by atoms with Crippen molar-refractivity contribution in [3.63, 3.8) is 0 Å². The van der Waals surface area contributed by atoms with E-state index >= 15 is 0 Å². The van der Waals surface area contributed by atoms with Gasteiger partial charge in [0.1, 0.15) is 0 Å². The maximum Gasteiger partial charge on any atom is 0.309 e. The van der Waals surface area contributed by atoms with E-state index < -0.39 is 5.97 Å². The zero-order valence-corrected chi connectivity index (χ0v) is 10.4. The highest BCUT2D eigenvalue weighted by Crippen LogP contribution is 2.25. The predicted molar refractivity (Wildman–Crippen MR) is 69.7 cm³/mol. The summed E-state index contributed by atoms with van der Waals surface area (Å²) < 4.78 is 0. The molecule has 0 aliphatic carbocycles. The number of likely N-dealkylation sites (tertiary alicyclic amines) is 1. The van der Waals surface area contributed by atoms with Crippen molar-refractivity contribution < 1.29 is 9.90 Å². The molecular formula is C13H13ClN2O2. The Morgan fingerprint density at radius 3 is 3.00 bits per heavy atom. The fourth-order valence-corrected chi connectivity index (χ4v) is 2.56. The van der Waals surface area contributed by atoms with E-state index in [0.717, 1.165) is 17.4 Å². The van der Waals surface area contributed by atoms with E-state index in [-0.39, 0.29) is 5.92 Å². The van der Waals surface area contributed by atoms with Gasteiger partial charge in [0.2, 0.25) is 0 Å². The fourth-order valence-electron chi connectivity index (χ4n) is 2.39. The van der Waals surface area contributed by atoms with E-state index in [2.05, 4.69) is 9.88 Å². The van der Waals surface area contributed by atoms with Crippen LogP contribution in [-0.4, -0.2) is 34.0 Å². The summed E-state index contributed by atoms with van der Waals surface area (Å²) in [5.74, 6) is -0.901. The van der Waals surface area contributed by atoms with Gasteiger partial charge in [-0.3, -0.25) is 9.69 Å². The highest BCUT2D eigenvalue weighted by atomic mass is 35.5. The summed E-state index contributed by atoms with van der Waals surface area (Å²) in [5, 5.41) is 10.7. The van der Waals surface area contributed by atoms with Crippen molar-refractivity contribution in [1.82, 2.24) is 9.88 Å². The lowest BCUT2D eigenvalue weighted by Crippen LogP contribution is -2.49. The molecule has 2 aromatic rings. The van der Waals surface area contributed by atoms with Crippen molar-refractivity contribution in [2.24, 2.45) is 5.92 Å². The first kappa shape index (κ1) is 11.6. The van der Waals surface area contributed by atoms with Gasteiger partial charge in [-0.1, -0.05) is 17.7 Å². The number of carboxylic acid groups (broad SMARTS) is 1. The molecule has 18 heavy (non-hydrogen) atoms. The molecule has 0 spiro atoms. The van der Waals surface area contributed by atoms with E-state index in [1.165, 1.54) is 5.56 Å². The van der Waals surface area contributed by atoms with Crippen LogP contribution in [0.1, 0.15) is 5.56 Å². The number of rotatable bonds is 3. The van der Waals surface area contributed by atoms with Crippen LogP contribution >= 0.6 is 11.6 Å². The molecule has 3 rings (SSSR count). The number of fused-ring (bicyclic) bond motifs is 1. The monoisotopic (exact) mass is 264 g/mol. The van der Waals surface area contributed by atoms with E-state index in [4.69, 9.17) is 16.7 Å². The van der Waals surface area contributed by atoms with Gasteiger partial charge in [0.05, 0.1) is 5.92 Å². The minimum atomic E-state index is -0.697. The van der Waals surface area contributed by atoms with E-state index in [1.807, 2.05) is 24.4 Å². The summed E-state index contributed by atoms with van der Waals surface area (Å²) in [5.41, 5.74) is 2.21. The molecule has 1 aliphatic heterocycles. The van der Waals surface area contributed by atoms with Gasteiger partial charge in [0.25, 0.3) is 0 Å². The minimum Gasteiger partial charge on any atom is -0.481 e.